The van der Waals surface area contributed by atoms with Crippen molar-refractivity contribution in [1.82, 2.24) is 4.72 Å². The van der Waals surface area contributed by atoms with Crippen molar-refractivity contribution in [1.29, 1.82) is 0 Å². The zero-order valence-corrected chi connectivity index (χ0v) is 13.0. The van der Waals surface area contributed by atoms with Crippen molar-refractivity contribution in [3.05, 3.63) is 28.8 Å². The van der Waals surface area contributed by atoms with Gasteiger partial charge in [0.15, 0.2) is 0 Å². The van der Waals surface area contributed by atoms with Crippen molar-refractivity contribution in [3.63, 3.8) is 0 Å². The molecule has 1 rings (SSSR count). The maximum Gasteiger partial charge on any atom is 0.337 e. The third-order valence-electron chi connectivity index (χ3n) is 2.73. The lowest BCUT2D eigenvalue weighted by molar-refractivity contribution is 0.0697. The predicted octanol–water partition coefficient (Wildman–Crippen LogP) is 2.75. The largest absolute Gasteiger partial charge is 0.478 e. The van der Waals surface area contributed by atoms with Gasteiger partial charge in [0, 0.05) is 6.54 Å². The van der Waals surface area contributed by atoms with Crippen molar-refractivity contribution < 1.29 is 18.3 Å². The Hall–Kier alpha value is -1.11. The van der Waals surface area contributed by atoms with Gasteiger partial charge in [-0.25, -0.2) is 17.9 Å². The first-order valence-electron chi connectivity index (χ1n) is 6.26. The van der Waals surface area contributed by atoms with E-state index in [0.29, 0.717) is 12.5 Å². The molecule has 1 aromatic carbocycles. The van der Waals surface area contributed by atoms with E-state index >= 15 is 0 Å². The summed E-state index contributed by atoms with van der Waals surface area (Å²) < 4.78 is 26.5. The summed E-state index contributed by atoms with van der Waals surface area (Å²) in [4.78, 5) is 10.8. The molecule has 0 radical (unpaired) electrons. The van der Waals surface area contributed by atoms with Crippen molar-refractivity contribution in [2.75, 3.05) is 6.54 Å². The highest BCUT2D eigenvalue weighted by Crippen LogP contribution is 2.20. The summed E-state index contributed by atoms with van der Waals surface area (Å²) >= 11 is 5.71. The van der Waals surface area contributed by atoms with Gasteiger partial charge in [0.2, 0.25) is 10.0 Å². The molecule has 0 atom stereocenters. The van der Waals surface area contributed by atoms with Crippen LogP contribution in [-0.4, -0.2) is 26.0 Å². The van der Waals surface area contributed by atoms with Crippen LogP contribution in [0.15, 0.2) is 23.1 Å². The van der Waals surface area contributed by atoms with Gasteiger partial charge in [-0.05, 0) is 37.0 Å². The van der Waals surface area contributed by atoms with Crippen LogP contribution >= 0.6 is 11.6 Å². The Morgan fingerprint density at radius 1 is 1.40 bits per heavy atom. The van der Waals surface area contributed by atoms with E-state index in [2.05, 4.69) is 18.6 Å². The van der Waals surface area contributed by atoms with Crippen LogP contribution in [0.1, 0.15) is 37.0 Å². The number of aromatic carboxylic acids is 1. The van der Waals surface area contributed by atoms with Crippen molar-refractivity contribution >= 4 is 27.6 Å². The van der Waals surface area contributed by atoms with E-state index in [-0.39, 0.29) is 15.5 Å². The molecule has 20 heavy (non-hydrogen) atoms. The number of carboxylic acid groups (broad SMARTS) is 1. The Bertz CT molecular complexity index is 584. The first kappa shape index (κ1) is 16.9. The Morgan fingerprint density at radius 2 is 2.05 bits per heavy atom. The molecule has 0 amide bonds. The molecule has 0 saturated carbocycles. The number of hydrogen-bond donors (Lipinski definition) is 2. The van der Waals surface area contributed by atoms with Gasteiger partial charge in [-0.15, -0.1) is 0 Å². The Labute approximate surface area is 124 Å². The van der Waals surface area contributed by atoms with E-state index in [1.165, 1.54) is 12.1 Å². The summed E-state index contributed by atoms with van der Waals surface area (Å²) in [6, 6.07) is 3.63. The molecule has 7 heteroatoms. The van der Waals surface area contributed by atoms with Gasteiger partial charge in [-0.2, -0.15) is 0 Å². The summed E-state index contributed by atoms with van der Waals surface area (Å²) in [5, 5.41) is 8.94. The van der Waals surface area contributed by atoms with E-state index in [1.54, 1.807) is 0 Å². The molecule has 0 aliphatic rings. The number of nitrogens with one attached hydrogen (secondary N) is 1. The zero-order valence-electron chi connectivity index (χ0n) is 11.4. The van der Waals surface area contributed by atoms with Gasteiger partial charge >= 0.3 is 5.97 Å². The molecule has 0 heterocycles. The van der Waals surface area contributed by atoms with Gasteiger partial charge in [0.05, 0.1) is 15.5 Å². The molecule has 0 aliphatic heterocycles. The number of benzene rings is 1. The maximum absolute atomic E-state index is 12.0. The Kier molecular flexibility index (Phi) is 5.98. The topological polar surface area (TPSA) is 83.5 Å². The fraction of sp³-hybridized carbons (Fsp3) is 0.462. The number of halogens is 1. The molecule has 5 nitrogen and oxygen atoms in total. The minimum absolute atomic E-state index is 0.0104. The fourth-order valence-electron chi connectivity index (χ4n) is 1.64. The first-order valence-corrected chi connectivity index (χ1v) is 8.12. The maximum atomic E-state index is 12.0. The molecule has 0 bridgehead atoms. The lowest BCUT2D eigenvalue weighted by Gasteiger charge is -2.09. The van der Waals surface area contributed by atoms with Crippen LogP contribution < -0.4 is 4.72 Å². The average molecular weight is 320 g/mol. The molecule has 0 aromatic heterocycles. The quantitative estimate of drug-likeness (QED) is 0.757. The van der Waals surface area contributed by atoms with E-state index < -0.39 is 16.0 Å². The number of carbonyl (C=O) groups is 1. The number of rotatable bonds is 7. The van der Waals surface area contributed by atoms with Crippen LogP contribution in [-0.2, 0) is 10.0 Å². The van der Waals surface area contributed by atoms with Crippen molar-refractivity contribution in [3.8, 4) is 0 Å². The third-order valence-corrected chi connectivity index (χ3v) is 4.52. The summed E-state index contributed by atoms with van der Waals surface area (Å²) in [6.07, 6.45) is 1.65. The summed E-state index contributed by atoms with van der Waals surface area (Å²) in [5.74, 6) is -0.750. The highest BCUT2D eigenvalue weighted by atomic mass is 35.5. The number of hydrogen-bond acceptors (Lipinski definition) is 3. The smallest absolute Gasteiger partial charge is 0.337 e. The molecule has 0 aliphatic carbocycles. The highest BCUT2D eigenvalue weighted by molar-refractivity contribution is 7.89. The van der Waals surface area contributed by atoms with E-state index in [4.69, 9.17) is 16.7 Å². The third kappa shape index (κ3) is 4.77. The van der Waals surface area contributed by atoms with E-state index in [1.807, 2.05) is 0 Å². The summed E-state index contributed by atoms with van der Waals surface area (Å²) in [6.45, 7) is 4.45. The average Bonchev–Trinajstić information content (AvgIpc) is 2.34. The second-order valence-electron chi connectivity index (χ2n) is 4.88. The van der Waals surface area contributed by atoms with Gasteiger partial charge in [0.1, 0.15) is 0 Å². The molecular formula is C13H18ClNO4S. The van der Waals surface area contributed by atoms with Crippen molar-refractivity contribution in [2.24, 2.45) is 5.92 Å². The molecule has 0 spiro atoms. The second kappa shape index (κ2) is 7.06. The lowest BCUT2D eigenvalue weighted by atomic mass is 10.1. The molecule has 2 N–H and O–H groups in total. The van der Waals surface area contributed by atoms with Gasteiger partial charge in [-0.3, -0.25) is 0 Å². The van der Waals surface area contributed by atoms with Crippen LogP contribution in [0, 0.1) is 5.92 Å². The minimum atomic E-state index is -3.70. The molecule has 1 aromatic rings. The minimum Gasteiger partial charge on any atom is -0.478 e. The molecule has 0 unspecified atom stereocenters. The Morgan fingerprint density at radius 3 is 2.60 bits per heavy atom. The highest BCUT2D eigenvalue weighted by Gasteiger charge is 2.17. The van der Waals surface area contributed by atoms with Crippen LogP contribution in [0.3, 0.4) is 0 Å². The lowest BCUT2D eigenvalue weighted by Crippen LogP contribution is -2.25. The van der Waals surface area contributed by atoms with Gasteiger partial charge < -0.3 is 5.11 Å². The normalized spacial score (nSPS) is 11.8. The van der Waals surface area contributed by atoms with Crippen molar-refractivity contribution in [2.45, 2.75) is 31.6 Å². The summed E-state index contributed by atoms with van der Waals surface area (Å²) in [5.41, 5.74) is -0.225. The summed E-state index contributed by atoms with van der Waals surface area (Å²) in [7, 11) is -3.70. The van der Waals surface area contributed by atoms with E-state index in [0.717, 1.165) is 18.9 Å². The van der Waals surface area contributed by atoms with Crippen LogP contribution in [0.25, 0.3) is 0 Å². The van der Waals surface area contributed by atoms with Crippen LogP contribution in [0.2, 0.25) is 5.02 Å². The van der Waals surface area contributed by atoms with Gasteiger partial charge in [-0.1, -0.05) is 25.4 Å². The predicted molar refractivity (Wildman–Crippen MR) is 77.7 cm³/mol. The Balaban J connectivity index is 2.82. The second-order valence-corrected chi connectivity index (χ2v) is 7.05. The van der Waals surface area contributed by atoms with Crippen LogP contribution in [0.4, 0.5) is 0 Å². The fourth-order valence-corrected chi connectivity index (χ4v) is 2.93. The molecule has 112 valence electrons. The van der Waals surface area contributed by atoms with Crippen LogP contribution in [0.5, 0.6) is 0 Å². The number of carboxylic acids is 1. The molecular weight excluding hydrogens is 302 g/mol. The molecule has 0 saturated heterocycles. The molecule has 0 fully saturated rings. The standard InChI is InChI=1S/C13H18ClNO4S/c1-9(2)4-3-7-15-20(18,19)10-5-6-12(14)11(8-10)13(16)17/h5-6,8-9,15H,3-4,7H2,1-2H3,(H,16,17). The zero-order chi connectivity index (χ0) is 15.3. The van der Waals surface area contributed by atoms with Gasteiger partial charge in [0.25, 0.3) is 0 Å². The number of sulfonamides is 1. The monoisotopic (exact) mass is 319 g/mol. The first-order chi connectivity index (χ1) is 9.24. The van der Waals surface area contributed by atoms with E-state index in [9.17, 15) is 13.2 Å². The SMILES string of the molecule is CC(C)CCCNS(=O)(=O)c1ccc(Cl)c(C(=O)O)c1.